The molecule has 1 N–H and O–H groups in total. The second-order valence-corrected chi connectivity index (χ2v) is 4.78. The summed E-state index contributed by atoms with van der Waals surface area (Å²) in [6.07, 6.45) is 0. The Morgan fingerprint density at radius 1 is 1.47 bits per heavy atom. The molecule has 4 heteroatoms. The average Bonchev–Trinajstić information content (AvgIpc) is 2.34. The molecule has 0 spiro atoms. The molecule has 0 radical (unpaired) electrons. The third-order valence-corrected chi connectivity index (χ3v) is 3.42. The number of rotatable bonds is 4. The van der Waals surface area contributed by atoms with Gasteiger partial charge in [-0.2, -0.15) is 0 Å². The molecule has 1 aromatic carbocycles. The number of halogens is 1. The summed E-state index contributed by atoms with van der Waals surface area (Å²) in [5.74, 6) is 0.775. The fourth-order valence-electron chi connectivity index (χ4n) is 2.05. The van der Waals surface area contributed by atoms with E-state index >= 15 is 0 Å². The Balaban J connectivity index is 1.77. The molecule has 94 valence electrons. The summed E-state index contributed by atoms with van der Waals surface area (Å²) in [5, 5.41) is 4.06. The van der Waals surface area contributed by atoms with Crippen LogP contribution in [0.5, 0.6) is 5.75 Å². The highest BCUT2D eigenvalue weighted by atomic mass is 35.5. The van der Waals surface area contributed by atoms with E-state index in [4.69, 9.17) is 16.3 Å². The molecule has 3 nitrogen and oxygen atoms in total. The average molecular weight is 255 g/mol. The van der Waals surface area contributed by atoms with Gasteiger partial charge in [0.1, 0.15) is 12.4 Å². The van der Waals surface area contributed by atoms with Crippen LogP contribution in [0.1, 0.15) is 6.92 Å². The lowest BCUT2D eigenvalue weighted by atomic mass is 10.2. The minimum Gasteiger partial charge on any atom is -0.491 e. The molecular weight excluding hydrogens is 236 g/mol. The highest BCUT2D eigenvalue weighted by Gasteiger charge is 2.17. The Hall–Kier alpha value is -0.770. The zero-order valence-electron chi connectivity index (χ0n) is 10.2. The molecule has 0 saturated carbocycles. The minimum absolute atomic E-state index is 0.582. The van der Waals surface area contributed by atoms with Crippen molar-refractivity contribution >= 4 is 11.6 Å². The standard InChI is InChI=1S/C13H19ClN2O/c1-11-10-15-6-7-16(11)8-9-17-13-5-3-2-4-12(13)14/h2-5,11,15H,6-10H2,1H3/t11-/m1/s1. The predicted molar refractivity (Wildman–Crippen MR) is 70.9 cm³/mol. The third kappa shape index (κ3) is 3.60. The van der Waals surface area contributed by atoms with Crippen molar-refractivity contribution in [3.05, 3.63) is 29.3 Å². The first kappa shape index (κ1) is 12.7. The highest BCUT2D eigenvalue weighted by Crippen LogP contribution is 2.22. The molecule has 17 heavy (non-hydrogen) atoms. The topological polar surface area (TPSA) is 24.5 Å². The minimum atomic E-state index is 0.582. The lowest BCUT2D eigenvalue weighted by Gasteiger charge is -2.33. The monoisotopic (exact) mass is 254 g/mol. The summed E-state index contributed by atoms with van der Waals surface area (Å²) in [5.41, 5.74) is 0. The molecule has 0 aliphatic carbocycles. The van der Waals surface area contributed by atoms with Crippen LogP contribution in [-0.2, 0) is 0 Å². The van der Waals surface area contributed by atoms with Gasteiger partial charge in [-0.1, -0.05) is 23.7 Å². The first-order valence-corrected chi connectivity index (χ1v) is 6.47. The van der Waals surface area contributed by atoms with Gasteiger partial charge in [-0.3, -0.25) is 4.90 Å². The Bertz CT molecular complexity index is 359. The summed E-state index contributed by atoms with van der Waals surface area (Å²) in [4.78, 5) is 2.44. The summed E-state index contributed by atoms with van der Waals surface area (Å²) >= 11 is 6.03. The smallest absolute Gasteiger partial charge is 0.137 e. The van der Waals surface area contributed by atoms with Gasteiger partial charge in [-0.25, -0.2) is 0 Å². The van der Waals surface area contributed by atoms with E-state index in [9.17, 15) is 0 Å². The molecule has 0 aromatic heterocycles. The van der Waals surface area contributed by atoms with Crippen LogP contribution in [0.4, 0.5) is 0 Å². The van der Waals surface area contributed by atoms with E-state index in [0.29, 0.717) is 17.7 Å². The molecule has 1 aromatic rings. The van der Waals surface area contributed by atoms with Gasteiger partial charge in [0.25, 0.3) is 0 Å². The van der Waals surface area contributed by atoms with Crippen molar-refractivity contribution < 1.29 is 4.74 Å². The van der Waals surface area contributed by atoms with Crippen LogP contribution in [0, 0.1) is 0 Å². The zero-order valence-corrected chi connectivity index (χ0v) is 10.9. The van der Waals surface area contributed by atoms with Gasteiger partial charge in [0.15, 0.2) is 0 Å². The second kappa shape index (κ2) is 6.24. The largest absolute Gasteiger partial charge is 0.491 e. The molecule has 1 fully saturated rings. The van der Waals surface area contributed by atoms with E-state index in [2.05, 4.69) is 17.1 Å². The number of ether oxygens (including phenoxy) is 1. The number of benzene rings is 1. The number of hydrogen-bond acceptors (Lipinski definition) is 3. The molecule has 2 rings (SSSR count). The SMILES string of the molecule is C[C@@H]1CNCCN1CCOc1ccccc1Cl. The van der Waals surface area contributed by atoms with Crippen LogP contribution in [0.3, 0.4) is 0 Å². The quantitative estimate of drug-likeness (QED) is 0.890. The van der Waals surface area contributed by atoms with E-state index in [-0.39, 0.29) is 0 Å². The number of nitrogens with one attached hydrogen (secondary N) is 1. The predicted octanol–water partition coefficient (Wildman–Crippen LogP) is 2.01. The van der Waals surface area contributed by atoms with Crippen LogP contribution in [-0.4, -0.2) is 43.7 Å². The van der Waals surface area contributed by atoms with Gasteiger partial charge < -0.3 is 10.1 Å². The second-order valence-electron chi connectivity index (χ2n) is 4.37. The van der Waals surface area contributed by atoms with Crippen LogP contribution >= 0.6 is 11.6 Å². The van der Waals surface area contributed by atoms with Gasteiger partial charge in [0.2, 0.25) is 0 Å². The van der Waals surface area contributed by atoms with Crippen LogP contribution in [0.15, 0.2) is 24.3 Å². The van der Waals surface area contributed by atoms with Gasteiger partial charge in [-0.05, 0) is 19.1 Å². The van der Waals surface area contributed by atoms with Crippen molar-refractivity contribution in [3.8, 4) is 5.75 Å². The summed E-state index contributed by atoms with van der Waals surface area (Å²) in [6, 6.07) is 8.19. The van der Waals surface area contributed by atoms with E-state index in [0.717, 1.165) is 31.9 Å². The Kier molecular flexibility index (Phi) is 4.66. The number of hydrogen-bond donors (Lipinski definition) is 1. The van der Waals surface area contributed by atoms with Crippen LogP contribution in [0.25, 0.3) is 0 Å². The first-order valence-electron chi connectivity index (χ1n) is 6.09. The van der Waals surface area contributed by atoms with Gasteiger partial charge >= 0.3 is 0 Å². The van der Waals surface area contributed by atoms with Crippen molar-refractivity contribution in [3.63, 3.8) is 0 Å². The van der Waals surface area contributed by atoms with Crippen LogP contribution < -0.4 is 10.1 Å². The molecule has 1 aliphatic rings. The van der Waals surface area contributed by atoms with Gasteiger partial charge in [0.05, 0.1) is 5.02 Å². The van der Waals surface area contributed by atoms with Crippen molar-refractivity contribution in [2.75, 3.05) is 32.8 Å². The summed E-state index contributed by atoms with van der Waals surface area (Å²) in [7, 11) is 0. The maximum atomic E-state index is 6.03. The highest BCUT2D eigenvalue weighted by molar-refractivity contribution is 6.32. The first-order chi connectivity index (χ1) is 8.27. The van der Waals surface area contributed by atoms with Gasteiger partial charge in [-0.15, -0.1) is 0 Å². The number of para-hydroxylation sites is 1. The van der Waals surface area contributed by atoms with Crippen molar-refractivity contribution in [1.29, 1.82) is 0 Å². The number of piperazine rings is 1. The normalized spacial score (nSPS) is 21.4. The van der Waals surface area contributed by atoms with E-state index in [1.165, 1.54) is 0 Å². The molecule has 0 bridgehead atoms. The molecule has 0 unspecified atom stereocenters. The summed E-state index contributed by atoms with van der Waals surface area (Å²) in [6.45, 7) is 7.10. The molecule has 1 heterocycles. The molecule has 1 aliphatic heterocycles. The molecule has 1 saturated heterocycles. The Morgan fingerprint density at radius 2 is 2.29 bits per heavy atom. The fourth-order valence-corrected chi connectivity index (χ4v) is 2.24. The van der Waals surface area contributed by atoms with E-state index < -0.39 is 0 Å². The van der Waals surface area contributed by atoms with Crippen molar-refractivity contribution in [2.24, 2.45) is 0 Å². The van der Waals surface area contributed by atoms with E-state index in [1.807, 2.05) is 24.3 Å². The van der Waals surface area contributed by atoms with Crippen molar-refractivity contribution in [1.82, 2.24) is 10.2 Å². The van der Waals surface area contributed by atoms with Crippen LogP contribution in [0.2, 0.25) is 5.02 Å². The lowest BCUT2D eigenvalue weighted by Crippen LogP contribution is -2.50. The van der Waals surface area contributed by atoms with Crippen molar-refractivity contribution in [2.45, 2.75) is 13.0 Å². The molecule has 0 amide bonds. The molecular formula is C13H19ClN2O. The van der Waals surface area contributed by atoms with Gasteiger partial charge in [0, 0.05) is 32.2 Å². The zero-order chi connectivity index (χ0) is 12.1. The Labute approximate surface area is 108 Å². The fraction of sp³-hybridized carbons (Fsp3) is 0.538. The third-order valence-electron chi connectivity index (χ3n) is 3.11. The Morgan fingerprint density at radius 3 is 3.06 bits per heavy atom. The maximum Gasteiger partial charge on any atom is 0.137 e. The number of nitrogens with zero attached hydrogens (tertiary/aromatic N) is 1. The maximum absolute atomic E-state index is 6.03. The summed E-state index contributed by atoms with van der Waals surface area (Å²) < 4.78 is 5.69. The molecule has 1 atom stereocenters. The van der Waals surface area contributed by atoms with E-state index in [1.54, 1.807) is 0 Å². The lowest BCUT2D eigenvalue weighted by molar-refractivity contribution is 0.143.